The van der Waals surface area contributed by atoms with Crippen molar-refractivity contribution in [1.29, 1.82) is 0 Å². The van der Waals surface area contributed by atoms with E-state index in [9.17, 15) is 4.79 Å². The van der Waals surface area contributed by atoms with Crippen LogP contribution in [0.25, 0.3) is 0 Å². The third-order valence-electron chi connectivity index (χ3n) is 2.08. The number of aryl methyl sites for hydroxylation is 1. The second kappa shape index (κ2) is 6.42. The lowest BCUT2D eigenvalue weighted by Gasteiger charge is -2.05. The van der Waals surface area contributed by atoms with Crippen LogP contribution < -0.4 is 0 Å². The molecular formula is C10H14INO2S. The highest BCUT2D eigenvalue weighted by molar-refractivity contribution is 14.1. The molecular weight excluding hydrogens is 325 g/mol. The van der Waals surface area contributed by atoms with Crippen LogP contribution in [0.5, 0.6) is 0 Å². The lowest BCUT2D eigenvalue weighted by molar-refractivity contribution is 0.0685. The zero-order valence-electron chi connectivity index (χ0n) is 8.57. The fraction of sp³-hybridized carbons (Fsp3) is 0.500. The summed E-state index contributed by atoms with van der Waals surface area (Å²) in [7, 11) is 0. The van der Waals surface area contributed by atoms with Gasteiger partial charge in [-0.2, -0.15) is 11.8 Å². The highest BCUT2D eigenvalue weighted by Gasteiger charge is 2.10. The fourth-order valence-electron chi connectivity index (χ4n) is 1.37. The number of halogens is 1. The van der Waals surface area contributed by atoms with Crippen molar-refractivity contribution < 1.29 is 9.90 Å². The first-order valence-electron chi connectivity index (χ1n) is 4.73. The van der Waals surface area contributed by atoms with Crippen molar-refractivity contribution in [3.63, 3.8) is 0 Å². The molecule has 1 aromatic rings. The van der Waals surface area contributed by atoms with Crippen LogP contribution in [-0.2, 0) is 6.54 Å². The van der Waals surface area contributed by atoms with Gasteiger partial charge in [-0.3, -0.25) is 0 Å². The number of carboxylic acid groups (broad SMARTS) is 1. The highest BCUT2D eigenvalue weighted by Crippen LogP contribution is 2.13. The molecule has 1 N–H and O–H groups in total. The summed E-state index contributed by atoms with van der Waals surface area (Å²) < 4.78 is 2.81. The number of carbonyl (C=O) groups is 1. The number of thioether (sulfide) groups is 1. The van der Waals surface area contributed by atoms with E-state index in [1.54, 1.807) is 6.07 Å². The maximum Gasteiger partial charge on any atom is 0.352 e. The summed E-state index contributed by atoms with van der Waals surface area (Å²) in [5.74, 6) is 0.295. The number of aromatic nitrogens is 1. The molecule has 1 aromatic heterocycles. The molecule has 3 nitrogen and oxygen atoms in total. The molecule has 0 aliphatic rings. The van der Waals surface area contributed by atoms with E-state index in [1.165, 1.54) is 0 Å². The van der Waals surface area contributed by atoms with Crippen LogP contribution in [0, 0.1) is 3.57 Å². The van der Waals surface area contributed by atoms with Gasteiger partial charge in [0.1, 0.15) is 5.69 Å². The molecule has 0 saturated heterocycles. The van der Waals surface area contributed by atoms with Crippen molar-refractivity contribution in [2.24, 2.45) is 0 Å². The van der Waals surface area contributed by atoms with E-state index < -0.39 is 5.97 Å². The summed E-state index contributed by atoms with van der Waals surface area (Å²) in [6, 6.07) is 1.71. The van der Waals surface area contributed by atoms with Crippen LogP contribution >= 0.6 is 34.4 Å². The monoisotopic (exact) mass is 339 g/mol. The van der Waals surface area contributed by atoms with Gasteiger partial charge in [0.25, 0.3) is 0 Å². The topological polar surface area (TPSA) is 42.2 Å². The van der Waals surface area contributed by atoms with Gasteiger partial charge < -0.3 is 9.67 Å². The second-order valence-corrected chi connectivity index (χ2v) is 5.47. The van der Waals surface area contributed by atoms with Crippen LogP contribution in [0.15, 0.2) is 12.3 Å². The average Bonchev–Trinajstić information content (AvgIpc) is 2.55. The molecule has 84 valence electrons. The first-order chi connectivity index (χ1) is 7.15. The minimum atomic E-state index is -0.845. The number of aromatic carboxylic acids is 1. The Morgan fingerprint density at radius 2 is 2.33 bits per heavy atom. The summed E-state index contributed by atoms with van der Waals surface area (Å²) in [6.07, 6.45) is 6.14. The molecule has 0 aromatic carbocycles. The predicted octanol–water partition coefficient (Wildman–Crippen LogP) is 2.93. The Morgan fingerprint density at radius 3 is 2.93 bits per heavy atom. The average molecular weight is 339 g/mol. The third kappa shape index (κ3) is 4.06. The molecule has 0 spiro atoms. The minimum Gasteiger partial charge on any atom is -0.477 e. The fourth-order valence-corrected chi connectivity index (χ4v) is 2.49. The highest BCUT2D eigenvalue weighted by atomic mass is 127. The molecule has 0 fully saturated rings. The summed E-state index contributed by atoms with van der Waals surface area (Å²) in [4.78, 5) is 10.9. The van der Waals surface area contributed by atoms with E-state index in [4.69, 9.17) is 5.11 Å². The normalized spacial score (nSPS) is 10.5. The Labute approximate surface area is 107 Å². The van der Waals surface area contributed by atoms with Crippen LogP contribution in [0.3, 0.4) is 0 Å². The molecule has 0 atom stereocenters. The van der Waals surface area contributed by atoms with Crippen LogP contribution in [0.2, 0.25) is 0 Å². The van der Waals surface area contributed by atoms with Gasteiger partial charge in [-0.25, -0.2) is 4.79 Å². The van der Waals surface area contributed by atoms with E-state index >= 15 is 0 Å². The van der Waals surface area contributed by atoms with Gasteiger partial charge in [-0.1, -0.05) is 0 Å². The molecule has 0 radical (unpaired) electrons. The number of rotatable bonds is 6. The van der Waals surface area contributed by atoms with Crippen LogP contribution in [0.1, 0.15) is 23.3 Å². The van der Waals surface area contributed by atoms with Crippen LogP contribution in [-0.4, -0.2) is 27.7 Å². The Bertz CT molecular complexity index is 338. The van der Waals surface area contributed by atoms with Gasteiger partial charge in [0.15, 0.2) is 0 Å². The molecule has 0 aliphatic heterocycles. The number of unbranched alkanes of at least 4 members (excludes halogenated alkanes) is 1. The van der Waals surface area contributed by atoms with E-state index in [-0.39, 0.29) is 0 Å². The molecule has 0 saturated carbocycles. The van der Waals surface area contributed by atoms with E-state index in [2.05, 4.69) is 28.8 Å². The quantitative estimate of drug-likeness (QED) is 0.640. The molecule has 1 heterocycles. The third-order valence-corrected chi connectivity index (χ3v) is 3.37. The summed E-state index contributed by atoms with van der Waals surface area (Å²) >= 11 is 3.97. The molecule has 1 rings (SSSR count). The SMILES string of the molecule is CSCCCCn1cc(I)cc1C(=O)O. The number of hydrogen-bond donors (Lipinski definition) is 1. The lowest BCUT2D eigenvalue weighted by atomic mass is 10.3. The van der Waals surface area contributed by atoms with E-state index in [0.717, 1.165) is 28.7 Å². The first-order valence-corrected chi connectivity index (χ1v) is 7.20. The smallest absolute Gasteiger partial charge is 0.352 e. The zero-order chi connectivity index (χ0) is 11.3. The van der Waals surface area contributed by atoms with Gasteiger partial charge in [-0.05, 0) is 53.5 Å². The summed E-state index contributed by atoms with van der Waals surface area (Å²) in [5.41, 5.74) is 0.392. The van der Waals surface area contributed by atoms with Crippen molar-refractivity contribution in [1.82, 2.24) is 4.57 Å². The zero-order valence-corrected chi connectivity index (χ0v) is 11.5. The maximum absolute atomic E-state index is 10.9. The standard InChI is InChI=1S/C10H14INO2S/c1-15-5-3-2-4-12-7-8(11)6-9(12)10(13)14/h6-7H,2-5H2,1H3,(H,13,14). The first kappa shape index (κ1) is 12.9. The molecule has 0 amide bonds. The molecule has 15 heavy (non-hydrogen) atoms. The van der Waals surface area contributed by atoms with Gasteiger partial charge in [0.2, 0.25) is 0 Å². The number of carboxylic acids is 1. The Balaban J connectivity index is 2.55. The molecule has 0 unspecified atom stereocenters. The van der Waals surface area contributed by atoms with Gasteiger partial charge in [0.05, 0.1) is 0 Å². The molecule has 0 aliphatic carbocycles. The Kier molecular flexibility index (Phi) is 5.52. The predicted molar refractivity (Wildman–Crippen MR) is 71.7 cm³/mol. The number of hydrogen-bond acceptors (Lipinski definition) is 2. The molecule has 0 bridgehead atoms. The van der Waals surface area contributed by atoms with Crippen molar-refractivity contribution in [2.45, 2.75) is 19.4 Å². The van der Waals surface area contributed by atoms with Crippen molar-refractivity contribution in [3.8, 4) is 0 Å². The van der Waals surface area contributed by atoms with Gasteiger partial charge >= 0.3 is 5.97 Å². The van der Waals surface area contributed by atoms with E-state index in [0.29, 0.717) is 5.69 Å². The van der Waals surface area contributed by atoms with Gasteiger partial charge in [0, 0.05) is 16.3 Å². The number of nitrogens with zero attached hydrogens (tertiary/aromatic N) is 1. The van der Waals surface area contributed by atoms with Crippen molar-refractivity contribution >= 4 is 40.3 Å². The second-order valence-electron chi connectivity index (χ2n) is 3.24. The maximum atomic E-state index is 10.9. The van der Waals surface area contributed by atoms with E-state index in [1.807, 2.05) is 22.5 Å². The Morgan fingerprint density at radius 1 is 1.60 bits per heavy atom. The van der Waals surface area contributed by atoms with Crippen LogP contribution in [0.4, 0.5) is 0 Å². The summed E-state index contributed by atoms with van der Waals surface area (Å²) in [6.45, 7) is 0.797. The van der Waals surface area contributed by atoms with Crippen molar-refractivity contribution in [2.75, 3.05) is 12.0 Å². The molecule has 5 heteroatoms. The Hall–Kier alpha value is -0.170. The van der Waals surface area contributed by atoms with Gasteiger partial charge in [-0.15, -0.1) is 0 Å². The minimum absolute atomic E-state index is 0.392. The lowest BCUT2D eigenvalue weighted by Crippen LogP contribution is -2.07. The largest absolute Gasteiger partial charge is 0.477 e. The summed E-state index contributed by atoms with van der Waals surface area (Å²) in [5, 5.41) is 8.95. The van der Waals surface area contributed by atoms with Crippen molar-refractivity contribution in [3.05, 3.63) is 21.5 Å².